The van der Waals surface area contributed by atoms with E-state index in [1.807, 2.05) is 12.1 Å². The average molecular weight is 237 g/mol. The molecule has 2 heteroatoms. The molecule has 0 fully saturated rings. The Bertz CT molecular complexity index is 335. The van der Waals surface area contributed by atoms with Gasteiger partial charge in [0, 0.05) is 6.04 Å². The fourth-order valence-corrected chi connectivity index (χ4v) is 2.38. The van der Waals surface area contributed by atoms with Crippen LogP contribution in [0.25, 0.3) is 0 Å². The van der Waals surface area contributed by atoms with Crippen molar-refractivity contribution in [1.29, 1.82) is 0 Å². The van der Waals surface area contributed by atoms with Gasteiger partial charge in [0.1, 0.15) is 5.82 Å². The molecule has 1 N–H and O–H groups in total. The van der Waals surface area contributed by atoms with Gasteiger partial charge < -0.3 is 5.32 Å². The van der Waals surface area contributed by atoms with Gasteiger partial charge in [0.2, 0.25) is 0 Å². The molecule has 0 saturated heterocycles. The second-order valence-electron chi connectivity index (χ2n) is 5.05. The van der Waals surface area contributed by atoms with Crippen molar-refractivity contribution in [2.24, 2.45) is 11.8 Å². The van der Waals surface area contributed by atoms with Crippen LogP contribution in [-0.4, -0.2) is 12.6 Å². The van der Waals surface area contributed by atoms with Crippen molar-refractivity contribution in [3.05, 3.63) is 35.6 Å². The van der Waals surface area contributed by atoms with Crippen molar-refractivity contribution >= 4 is 0 Å². The lowest BCUT2D eigenvalue weighted by Gasteiger charge is -2.28. The standard InChI is InChI=1S/C15H24FN/c1-5-17-12(4)14(11(2)3)10-13-8-6-7-9-15(13)16/h6-9,11-12,14,17H,5,10H2,1-4H3. The Kier molecular flexibility index (Phi) is 5.63. The number of halogens is 1. The predicted molar refractivity (Wildman–Crippen MR) is 71.6 cm³/mol. The predicted octanol–water partition coefficient (Wildman–Crippen LogP) is 3.64. The van der Waals surface area contributed by atoms with E-state index in [0.717, 1.165) is 18.5 Å². The first-order valence-electron chi connectivity index (χ1n) is 6.53. The minimum atomic E-state index is -0.0816. The van der Waals surface area contributed by atoms with Gasteiger partial charge in [-0.2, -0.15) is 0 Å². The Morgan fingerprint density at radius 3 is 2.35 bits per heavy atom. The summed E-state index contributed by atoms with van der Waals surface area (Å²) < 4.78 is 13.6. The zero-order chi connectivity index (χ0) is 12.8. The van der Waals surface area contributed by atoms with Crippen molar-refractivity contribution in [2.75, 3.05) is 6.54 Å². The molecule has 0 aliphatic heterocycles. The van der Waals surface area contributed by atoms with E-state index in [1.54, 1.807) is 12.1 Å². The second-order valence-corrected chi connectivity index (χ2v) is 5.05. The van der Waals surface area contributed by atoms with Gasteiger partial charge in [-0.25, -0.2) is 4.39 Å². The fourth-order valence-electron chi connectivity index (χ4n) is 2.38. The molecule has 0 aliphatic rings. The smallest absolute Gasteiger partial charge is 0.126 e. The lowest BCUT2D eigenvalue weighted by molar-refractivity contribution is 0.289. The van der Waals surface area contributed by atoms with E-state index in [4.69, 9.17) is 0 Å². The van der Waals surface area contributed by atoms with Crippen LogP contribution in [0.5, 0.6) is 0 Å². The Morgan fingerprint density at radius 2 is 1.82 bits per heavy atom. The molecule has 0 spiro atoms. The molecule has 0 saturated carbocycles. The van der Waals surface area contributed by atoms with Crippen molar-refractivity contribution in [3.8, 4) is 0 Å². The van der Waals surface area contributed by atoms with Crippen LogP contribution in [0, 0.1) is 17.7 Å². The summed E-state index contributed by atoms with van der Waals surface area (Å²) in [5, 5.41) is 3.44. The molecule has 2 unspecified atom stereocenters. The Balaban J connectivity index is 2.77. The van der Waals surface area contributed by atoms with Gasteiger partial charge in [0.15, 0.2) is 0 Å². The van der Waals surface area contributed by atoms with Crippen molar-refractivity contribution in [1.82, 2.24) is 5.32 Å². The lowest BCUT2D eigenvalue weighted by atomic mass is 9.84. The molecule has 0 aliphatic carbocycles. The van der Waals surface area contributed by atoms with Gasteiger partial charge in [-0.3, -0.25) is 0 Å². The monoisotopic (exact) mass is 237 g/mol. The van der Waals surface area contributed by atoms with E-state index in [9.17, 15) is 4.39 Å². The summed E-state index contributed by atoms with van der Waals surface area (Å²) >= 11 is 0. The van der Waals surface area contributed by atoms with Crippen molar-refractivity contribution in [3.63, 3.8) is 0 Å². The maximum absolute atomic E-state index is 13.6. The fraction of sp³-hybridized carbons (Fsp3) is 0.600. The van der Waals surface area contributed by atoms with Crippen molar-refractivity contribution < 1.29 is 4.39 Å². The van der Waals surface area contributed by atoms with Crippen LogP contribution in [-0.2, 0) is 6.42 Å². The van der Waals surface area contributed by atoms with Gasteiger partial charge in [-0.1, -0.05) is 39.0 Å². The molecular formula is C15H24FN. The number of hydrogen-bond donors (Lipinski definition) is 1. The summed E-state index contributed by atoms with van der Waals surface area (Å²) in [5.74, 6) is 0.928. The molecule has 0 bridgehead atoms. The minimum absolute atomic E-state index is 0.0816. The molecule has 2 atom stereocenters. The highest BCUT2D eigenvalue weighted by Gasteiger charge is 2.21. The van der Waals surface area contributed by atoms with Crippen LogP contribution in [0.3, 0.4) is 0 Å². The third-order valence-corrected chi connectivity index (χ3v) is 3.44. The Labute approximate surface area is 104 Å². The minimum Gasteiger partial charge on any atom is -0.314 e. The van der Waals surface area contributed by atoms with E-state index in [0.29, 0.717) is 17.9 Å². The maximum atomic E-state index is 13.6. The van der Waals surface area contributed by atoms with E-state index >= 15 is 0 Å². The first-order valence-corrected chi connectivity index (χ1v) is 6.53. The number of rotatable bonds is 6. The largest absolute Gasteiger partial charge is 0.314 e. The molecule has 17 heavy (non-hydrogen) atoms. The first kappa shape index (κ1) is 14.2. The number of benzene rings is 1. The Hall–Kier alpha value is -0.890. The molecule has 0 aromatic heterocycles. The number of nitrogens with one attached hydrogen (secondary N) is 1. The van der Waals surface area contributed by atoms with Crippen LogP contribution in [0.15, 0.2) is 24.3 Å². The van der Waals surface area contributed by atoms with Gasteiger partial charge in [0.25, 0.3) is 0 Å². The van der Waals surface area contributed by atoms with E-state index < -0.39 is 0 Å². The average Bonchev–Trinajstić information content (AvgIpc) is 2.27. The summed E-state index contributed by atoms with van der Waals surface area (Å²) in [6.07, 6.45) is 0.804. The summed E-state index contributed by atoms with van der Waals surface area (Å²) in [6, 6.07) is 7.51. The van der Waals surface area contributed by atoms with E-state index in [1.165, 1.54) is 0 Å². The van der Waals surface area contributed by atoms with Gasteiger partial charge in [0.05, 0.1) is 0 Å². The highest BCUT2D eigenvalue weighted by atomic mass is 19.1. The highest BCUT2D eigenvalue weighted by molar-refractivity contribution is 5.18. The van der Waals surface area contributed by atoms with Gasteiger partial charge >= 0.3 is 0 Å². The zero-order valence-corrected chi connectivity index (χ0v) is 11.3. The molecule has 0 heterocycles. The van der Waals surface area contributed by atoms with Crippen LogP contribution >= 0.6 is 0 Å². The van der Waals surface area contributed by atoms with E-state index in [-0.39, 0.29) is 5.82 Å². The molecule has 1 nitrogen and oxygen atoms in total. The molecule has 1 aromatic carbocycles. The molecule has 1 rings (SSSR count). The summed E-state index contributed by atoms with van der Waals surface area (Å²) in [6.45, 7) is 9.67. The van der Waals surface area contributed by atoms with Crippen molar-refractivity contribution in [2.45, 2.75) is 40.2 Å². The lowest BCUT2D eigenvalue weighted by Crippen LogP contribution is -2.37. The first-order chi connectivity index (χ1) is 8.06. The number of hydrogen-bond acceptors (Lipinski definition) is 1. The van der Waals surface area contributed by atoms with Gasteiger partial charge in [-0.05, 0) is 43.4 Å². The third kappa shape index (κ3) is 4.12. The normalized spacial score (nSPS) is 14.9. The second kappa shape index (κ2) is 6.75. The summed E-state index contributed by atoms with van der Waals surface area (Å²) in [7, 11) is 0. The highest BCUT2D eigenvalue weighted by Crippen LogP contribution is 2.22. The third-order valence-electron chi connectivity index (χ3n) is 3.44. The summed E-state index contributed by atoms with van der Waals surface area (Å²) in [4.78, 5) is 0. The summed E-state index contributed by atoms with van der Waals surface area (Å²) in [5.41, 5.74) is 0.830. The molecule has 96 valence electrons. The van der Waals surface area contributed by atoms with Crippen LogP contribution < -0.4 is 5.32 Å². The topological polar surface area (TPSA) is 12.0 Å². The molecule has 0 radical (unpaired) electrons. The molecule has 0 amide bonds. The van der Waals surface area contributed by atoms with Gasteiger partial charge in [-0.15, -0.1) is 0 Å². The SMILES string of the molecule is CCNC(C)C(Cc1ccccc1F)C(C)C. The molecular weight excluding hydrogens is 213 g/mol. The van der Waals surface area contributed by atoms with Crippen LogP contribution in [0.1, 0.15) is 33.3 Å². The zero-order valence-electron chi connectivity index (χ0n) is 11.3. The Morgan fingerprint density at radius 1 is 1.18 bits per heavy atom. The van der Waals surface area contributed by atoms with Crippen LogP contribution in [0.4, 0.5) is 4.39 Å². The maximum Gasteiger partial charge on any atom is 0.126 e. The van der Waals surface area contributed by atoms with Crippen LogP contribution in [0.2, 0.25) is 0 Å². The van der Waals surface area contributed by atoms with E-state index in [2.05, 4.69) is 33.0 Å². The quantitative estimate of drug-likeness (QED) is 0.796. The molecule has 1 aromatic rings.